The van der Waals surface area contributed by atoms with Crippen LogP contribution in [0.15, 0.2) is 28.8 Å². The van der Waals surface area contributed by atoms with Crippen molar-refractivity contribution >= 4 is 11.6 Å². The first-order valence-electron chi connectivity index (χ1n) is 8.77. The smallest absolute Gasteiger partial charge is 0.251 e. The molecule has 25 heavy (non-hydrogen) atoms. The highest BCUT2D eigenvalue weighted by Crippen LogP contribution is 2.23. The quantitative estimate of drug-likeness (QED) is 0.848. The minimum atomic E-state index is -0.218. The maximum absolute atomic E-state index is 12.4. The van der Waals surface area contributed by atoms with Gasteiger partial charge >= 0.3 is 0 Å². The zero-order valence-corrected chi connectivity index (χ0v) is 14.4. The van der Waals surface area contributed by atoms with E-state index in [-0.39, 0.29) is 12.0 Å². The second-order valence-electron chi connectivity index (χ2n) is 6.50. The Morgan fingerprint density at radius 2 is 1.92 bits per heavy atom. The molecule has 1 aromatic carbocycles. The molecule has 1 aromatic heterocycles. The lowest BCUT2D eigenvalue weighted by Crippen LogP contribution is -2.51. The van der Waals surface area contributed by atoms with Gasteiger partial charge in [-0.1, -0.05) is 5.16 Å². The Balaban J connectivity index is 1.36. The molecule has 7 nitrogen and oxygen atoms in total. The van der Waals surface area contributed by atoms with Crippen LogP contribution < -0.4 is 4.90 Å². The number of nitrogens with zero attached hydrogens (tertiary/aromatic N) is 4. The summed E-state index contributed by atoms with van der Waals surface area (Å²) in [4.78, 5) is 20.9. The SMILES string of the molecule is Cc1nc(-c2ccc(N3CCN(C(=O)[C@H]4CCCO4)CC3)cc2)no1. The van der Waals surface area contributed by atoms with Crippen molar-refractivity contribution in [2.24, 2.45) is 0 Å². The van der Waals surface area contributed by atoms with Gasteiger partial charge < -0.3 is 19.1 Å². The number of hydrogen-bond donors (Lipinski definition) is 0. The fourth-order valence-electron chi connectivity index (χ4n) is 3.40. The highest BCUT2D eigenvalue weighted by atomic mass is 16.5. The predicted octanol–water partition coefficient (Wildman–Crippen LogP) is 1.87. The maximum Gasteiger partial charge on any atom is 0.251 e. The Morgan fingerprint density at radius 3 is 2.52 bits per heavy atom. The summed E-state index contributed by atoms with van der Waals surface area (Å²) in [6.07, 6.45) is 1.63. The number of aromatic nitrogens is 2. The van der Waals surface area contributed by atoms with Gasteiger partial charge in [0.05, 0.1) is 0 Å². The predicted molar refractivity (Wildman–Crippen MR) is 92.2 cm³/mol. The van der Waals surface area contributed by atoms with Crippen LogP contribution in [-0.4, -0.2) is 59.8 Å². The molecule has 0 bridgehead atoms. The van der Waals surface area contributed by atoms with Gasteiger partial charge in [-0.25, -0.2) is 0 Å². The van der Waals surface area contributed by atoms with Crippen LogP contribution in [0.4, 0.5) is 5.69 Å². The first-order chi connectivity index (χ1) is 12.2. The summed E-state index contributed by atoms with van der Waals surface area (Å²) < 4.78 is 10.5. The van der Waals surface area contributed by atoms with Crippen molar-refractivity contribution in [2.75, 3.05) is 37.7 Å². The third-order valence-corrected chi connectivity index (χ3v) is 4.81. The van der Waals surface area contributed by atoms with Gasteiger partial charge in [-0.3, -0.25) is 4.79 Å². The third-order valence-electron chi connectivity index (χ3n) is 4.81. The lowest BCUT2D eigenvalue weighted by Gasteiger charge is -2.37. The van der Waals surface area contributed by atoms with Gasteiger partial charge in [0.15, 0.2) is 0 Å². The molecule has 0 N–H and O–H groups in total. The molecule has 1 amide bonds. The highest BCUT2D eigenvalue weighted by molar-refractivity contribution is 5.81. The first-order valence-corrected chi connectivity index (χ1v) is 8.77. The van der Waals surface area contributed by atoms with Crippen molar-refractivity contribution in [3.63, 3.8) is 0 Å². The molecule has 7 heteroatoms. The van der Waals surface area contributed by atoms with Gasteiger partial charge in [0, 0.05) is 51.0 Å². The average molecular weight is 342 g/mol. The molecular weight excluding hydrogens is 320 g/mol. The standard InChI is InChI=1S/C18H22N4O3/c1-13-19-17(20-25-13)14-4-6-15(7-5-14)21-8-10-22(11-9-21)18(23)16-3-2-12-24-16/h4-7,16H,2-3,8-12H2,1H3/t16-/m1/s1. The topological polar surface area (TPSA) is 71.7 Å². The number of benzene rings is 1. The van der Waals surface area contributed by atoms with Crippen molar-refractivity contribution in [3.8, 4) is 11.4 Å². The van der Waals surface area contributed by atoms with E-state index in [0.29, 0.717) is 18.3 Å². The molecular formula is C18H22N4O3. The Hall–Kier alpha value is -2.41. The van der Waals surface area contributed by atoms with Crippen molar-refractivity contribution in [1.29, 1.82) is 0 Å². The fourth-order valence-corrected chi connectivity index (χ4v) is 3.40. The van der Waals surface area contributed by atoms with E-state index in [9.17, 15) is 4.79 Å². The molecule has 0 spiro atoms. The van der Waals surface area contributed by atoms with Crippen molar-refractivity contribution in [1.82, 2.24) is 15.0 Å². The average Bonchev–Trinajstić information content (AvgIpc) is 3.33. The van der Waals surface area contributed by atoms with Crippen molar-refractivity contribution < 1.29 is 14.1 Å². The number of aryl methyl sites for hydroxylation is 1. The molecule has 3 heterocycles. The number of ether oxygens (including phenoxy) is 1. The molecule has 0 saturated carbocycles. The van der Waals surface area contributed by atoms with Crippen LogP contribution in [0.1, 0.15) is 18.7 Å². The zero-order chi connectivity index (χ0) is 17.2. The summed E-state index contributed by atoms with van der Waals surface area (Å²) in [5.74, 6) is 1.32. The number of piperazine rings is 1. The Morgan fingerprint density at radius 1 is 1.16 bits per heavy atom. The van der Waals surface area contributed by atoms with Crippen LogP contribution in [0.2, 0.25) is 0 Å². The van der Waals surface area contributed by atoms with Crippen LogP contribution >= 0.6 is 0 Å². The van der Waals surface area contributed by atoms with Crippen molar-refractivity contribution in [3.05, 3.63) is 30.2 Å². The molecule has 4 rings (SSSR count). The number of hydrogen-bond acceptors (Lipinski definition) is 6. The number of rotatable bonds is 3. The molecule has 2 saturated heterocycles. The minimum absolute atomic E-state index is 0.153. The van der Waals surface area contributed by atoms with E-state index in [2.05, 4.69) is 27.2 Å². The molecule has 2 fully saturated rings. The minimum Gasteiger partial charge on any atom is -0.368 e. The van der Waals surface area contributed by atoms with Gasteiger partial charge in [0.25, 0.3) is 5.91 Å². The number of amides is 1. The van der Waals surface area contributed by atoms with E-state index in [4.69, 9.17) is 9.26 Å². The Bertz CT molecular complexity index is 729. The zero-order valence-electron chi connectivity index (χ0n) is 14.4. The maximum atomic E-state index is 12.4. The van der Waals surface area contributed by atoms with Gasteiger partial charge in [-0.15, -0.1) is 0 Å². The normalized spacial score (nSPS) is 20.9. The first kappa shape index (κ1) is 16.1. The van der Waals surface area contributed by atoms with E-state index in [0.717, 1.165) is 50.3 Å². The summed E-state index contributed by atoms with van der Waals surface area (Å²) >= 11 is 0. The Labute approximate surface area is 146 Å². The van der Waals surface area contributed by atoms with Crippen LogP contribution in [-0.2, 0) is 9.53 Å². The van der Waals surface area contributed by atoms with Crippen LogP contribution in [0.5, 0.6) is 0 Å². The van der Waals surface area contributed by atoms with E-state index in [1.165, 1.54) is 0 Å². The second-order valence-corrected chi connectivity index (χ2v) is 6.50. The van der Waals surface area contributed by atoms with Gasteiger partial charge in [-0.2, -0.15) is 4.98 Å². The highest BCUT2D eigenvalue weighted by Gasteiger charge is 2.30. The summed E-state index contributed by atoms with van der Waals surface area (Å²) in [5, 5.41) is 3.94. The molecule has 1 atom stereocenters. The molecule has 2 aliphatic rings. The Kier molecular flexibility index (Phi) is 4.40. The molecule has 132 valence electrons. The van der Waals surface area contributed by atoms with Gasteiger partial charge in [-0.05, 0) is 37.1 Å². The second kappa shape index (κ2) is 6.84. The van der Waals surface area contributed by atoms with Crippen LogP contribution in [0.25, 0.3) is 11.4 Å². The number of carbonyl (C=O) groups is 1. The largest absolute Gasteiger partial charge is 0.368 e. The fraction of sp³-hybridized carbons (Fsp3) is 0.500. The summed E-state index contributed by atoms with van der Waals surface area (Å²) in [6.45, 7) is 5.64. The monoisotopic (exact) mass is 342 g/mol. The summed E-state index contributed by atoms with van der Waals surface area (Å²) in [6, 6.07) is 8.14. The number of carbonyl (C=O) groups excluding carboxylic acids is 1. The van der Waals surface area contributed by atoms with Crippen LogP contribution in [0.3, 0.4) is 0 Å². The molecule has 0 unspecified atom stereocenters. The molecule has 0 aliphatic carbocycles. The van der Waals surface area contributed by atoms with Gasteiger partial charge in [0.1, 0.15) is 6.10 Å². The third kappa shape index (κ3) is 3.37. The van der Waals surface area contributed by atoms with E-state index >= 15 is 0 Å². The molecule has 2 aromatic rings. The summed E-state index contributed by atoms with van der Waals surface area (Å²) in [5.41, 5.74) is 2.08. The van der Waals surface area contributed by atoms with Crippen molar-refractivity contribution in [2.45, 2.75) is 25.9 Å². The van der Waals surface area contributed by atoms with E-state index in [1.807, 2.05) is 17.0 Å². The summed E-state index contributed by atoms with van der Waals surface area (Å²) in [7, 11) is 0. The van der Waals surface area contributed by atoms with Gasteiger partial charge in [0.2, 0.25) is 11.7 Å². The molecule has 0 radical (unpaired) electrons. The van der Waals surface area contributed by atoms with Crippen LogP contribution in [0, 0.1) is 6.92 Å². The molecule has 2 aliphatic heterocycles. The number of anilines is 1. The van der Waals surface area contributed by atoms with E-state index < -0.39 is 0 Å². The van der Waals surface area contributed by atoms with E-state index in [1.54, 1.807) is 6.92 Å². The lowest BCUT2D eigenvalue weighted by atomic mass is 10.1. The lowest BCUT2D eigenvalue weighted by molar-refractivity contribution is -0.141.